The number of aromatic nitrogens is 1. The third kappa shape index (κ3) is 10.2. The Labute approximate surface area is 359 Å². The molecule has 3 aromatic rings. The van der Waals surface area contributed by atoms with Crippen molar-refractivity contribution >= 4 is 25.5 Å². The van der Waals surface area contributed by atoms with Gasteiger partial charge in [0.05, 0.1) is 52.1 Å². The lowest BCUT2D eigenvalue weighted by Gasteiger charge is -2.38. The minimum absolute atomic E-state index is 0.0735. The third-order valence-corrected chi connectivity index (χ3v) is 13.0. The van der Waals surface area contributed by atoms with Gasteiger partial charge in [0.25, 0.3) is 8.53 Å². The van der Waals surface area contributed by atoms with E-state index in [1.807, 2.05) is 97.6 Å². The molecular weight excluding hydrogens is 792 g/mol. The second-order valence-corrected chi connectivity index (χ2v) is 16.5. The number of nitrogens with zero attached hydrogens (tertiary/aromatic N) is 4. The molecule has 0 radical (unpaired) electrons. The van der Waals surface area contributed by atoms with Crippen LogP contribution >= 0.6 is 8.53 Å². The van der Waals surface area contributed by atoms with Crippen LogP contribution in [0.4, 0.5) is 0 Å². The summed E-state index contributed by atoms with van der Waals surface area (Å²) in [5.74, 6) is 1.64. The van der Waals surface area contributed by atoms with Crippen molar-refractivity contribution in [3.8, 4) is 29.0 Å². The van der Waals surface area contributed by atoms with Gasteiger partial charge in [-0.2, -0.15) is 5.26 Å². The first-order valence-electron chi connectivity index (χ1n) is 20.7. The second-order valence-electron chi connectivity index (χ2n) is 15.0. The highest BCUT2D eigenvalue weighted by Crippen LogP contribution is 2.48. The summed E-state index contributed by atoms with van der Waals surface area (Å²) in [5, 5.41) is 9.27. The summed E-state index contributed by atoms with van der Waals surface area (Å²) >= 11 is 0. The normalized spacial score (nSPS) is 16.3. The number of likely N-dealkylation sites (tertiary alicyclic amines) is 1. The predicted octanol–water partition coefficient (Wildman–Crippen LogP) is 9.21. The highest BCUT2D eigenvalue weighted by Gasteiger charge is 2.43. The van der Waals surface area contributed by atoms with Crippen LogP contribution in [0.2, 0.25) is 0 Å². The molecule has 61 heavy (non-hydrogen) atoms. The fourth-order valence-corrected chi connectivity index (χ4v) is 9.45. The van der Waals surface area contributed by atoms with E-state index in [0.717, 1.165) is 16.7 Å². The number of hydrogen-bond acceptors (Lipinski definition) is 11. The number of ether oxygens (including phenoxy) is 3. The number of carbonyl (C=O) groups excluding carboxylic acids is 1. The molecule has 1 aliphatic carbocycles. The summed E-state index contributed by atoms with van der Waals surface area (Å²) in [7, 11) is 1.70. The van der Waals surface area contributed by atoms with Gasteiger partial charge in [0.2, 0.25) is 5.91 Å². The molecule has 0 bridgehead atoms. The lowest BCUT2D eigenvalue weighted by atomic mass is 9.79. The maximum absolute atomic E-state index is 14.5. The van der Waals surface area contributed by atoms with Gasteiger partial charge >= 0.3 is 0 Å². The molecule has 1 fully saturated rings. The molecule has 2 heterocycles. The second kappa shape index (κ2) is 20.9. The van der Waals surface area contributed by atoms with Gasteiger partial charge in [-0.15, -0.1) is 0 Å². The fourth-order valence-electron chi connectivity index (χ4n) is 7.86. The maximum atomic E-state index is 14.5. The zero-order valence-electron chi connectivity index (χ0n) is 35.8. The number of methoxy groups -OCH3 is 2. The van der Waals surface area contributed by atoms with E-state index in [4.69, 9.17) is 32.7 Å². The Morgan fingerprint density at radius 3 is 2.33 bits per heavy atom. The molecule has 12 nitrogen and oxygen atoms in total. The molecule has 0 aromatic heterocycles. The highest BCUT2D eigenvalue weighted by molar-refractivity contribution is 7.44. The monoisotopic (exact) mass is 846 g/mol. The molecular formula is C48H55N4O8P. The number of para-hydroxylation sites is 2. The number of carbonyl (C=O) groups is 1. The fraction of sp³-hybridized carbons (Fsp3) is 0.375. The van der Waals surface area contributed by atoms with E-state index in [1.165, 1.54) is 6.07 Å². The number of rotatable bonds is 20. The van der Waals surface area contributed by atoms with E-state index in [1.54, 1.807) is 26.4 Å². The molecule has 3 aromatic carbocycles. The lowest BCUT2D eigenvalue weighted by Crippen LogP contribution is -2.42. The Hall–Kier alpha value is -5.41. The van der Waals surface area contributed by atoms with Gasteiger partial charge in [-0.25, -0.2) is 9.65 Å². The van der Waals surface area contributed by atoms with Crippen molar-refractivity contribution in [1.82, 2.24) is 14.6 Å². The molecule has 0 saturated carbocycles. The number of amides is 1. The van der Waals surface area contributed by atoms with E-state index in [-0.39, 0.29) is 56.4 Å². The Balaban J connectivity index is 1.34. The molecule has 0 N–H and O–H groups in total. The Kier molecular flexibility index (Phi) is 15.5. The highest BCUT2D eigenvalue weighted by atomic mass is 31.2. The number of allylic oxidation sites excluding steroid dienone is 1. The number of hydrogen-bond donors (Lipinski definition) is 0. The molecule has 320 valence electrons. The minimum Gasteiger partial charge on any atom is -0.497 e. The molecule has 1 unspecified atom stereocenters. The molecule has 3 atom stereocenters. The average Bonchev–Trinajstić information content (AvgIpc) is 3.69. The van der Waals surface area contributed by atoms with Crippen LogP contribution in [0.1, 0.15) is 63.6 Å². The summed E-state index contributed by atoms with van der Waals surface area (Å²) in [4.78, 5) is 34.4. The van der Waals surface area contributed by atoms with Gasteiger partial charge in [0, 0.05) is 37.2 Å². The van der Waals surface area contributed by atoms with E-state index in [0.29, 0.717) is 52.6 Å². The Morgan fingerprint density at radius 2 is 1.74 bits per heavy atom. The van der Waals surface area contributed by atoms with Crippen LogP contribution in [0, 0.1) is 11.3 Å². The van der Waals surface area contributed by atoms with Crippen LogP contribution in [0.3, 0.4) is 0 Å². The van der Waals surface area contributed by atoms with Crippen molar-refractivity contribution < 1.29 is 32.5 Å². The Bertz CT molecular complexity index is 2310. The van der Waals surface area contributed by atoms with Crippen molar-refractivity contribution in [1.29, 1.82) is 5.26 Å². The van der Waals surface area contributed by atoms with Crippen LogP contribution in [0.25, 0.3) is 22.6 Å². The summed E-state index contributed by atoms with van der Waals surface area (Å²) in [6, 6.07) is 27.9. The van der Waals surface area contributed by atoms with Crippen LogP contribution in [0.15, 0.2) is 118 Å². The average molecular weight is 847 g/mol. The maximum Gasteiger partial charge on any atom is 0.259 e. The zero-order valence-corrected chi connectivity index (χ0v) is 36.7. The molecule has 2 aliphatic heterocycles. The van der Waals surface area contributed by atoms with Crippen LogP contribution in [-0.4, -0.2) is 79.2 Å². The molecule has 6 rings (SSSR count). The zero-order chi connectivity index (χ0) is 43.5. The van der Waals surface area contributed by atoms with Crippen molar-refractivity contribution in [2.45, 2.75) is 77.2 Å². The van der Waals surface area contributed by atoms with Crippen LogP contribution in [-0.2, 0) is 30.6 Å². The first-order valence-corrected chi connectivity index (χ1v) is 21.8. The largest absolute Gasteiger partial charge is 0.497 e. The predicted molar refractivity (Wildman–Crippen MR) is 238 cm³/mol. The molecule has 1 saturated heterocycles. The first-order chi connectivity index (χ1) is 29.6. The van der Waals surface area contributed by atoms with E-state index >= 15 is 0 Å². The topological polar surface area (TPSA) is 137 Å². The SMILES string of the molecule is C=CC(=CC)C(OC[C@@H]1C[C@@H](OP(OCCC#N)N(CC)C(C)C)CN1C(=O)CCc1cc2nc3ccccc3oc-2cc1=O)(c1ccc(OC)cc1)c1ccc(OC)cc1. The van der Waals surface area contributed by atoms with E-state index in [2.05, 4.69) is 31.2 Å². The lowest BCUT2D eigenvalue weighted by molar-refractivity contribution is -0.134. The van der Waals surface area contributed by atoms with Crippen molar-refractivity contribution in [3.63, 3.8) is 0 Å². The smallest absolute Gasteiger partial charge is 0.259 e. The third-order valence-electron chi connectivity index (χ3n) is 11.0. The van der Waals surface area contributed by atoms with Gasteiger partial charge in [0.1, 0.15) is 28.3 Å². The van der Waals surface area contributed by atoms with Crippen molar-refractivity contribution in [2.75, 3.05) is 40.5 Å². The minimum atomic E-state index is -1.55. The molecule has 13 heteroatoms. The summed E-state index contributed by atoms with van der Waals surface area (Å²) < 4.78 is 39.4. The number of nitriles is 1. The summed E-state index contributed by atoms with van der Waals surface area (Å²) in [5.41, 5.74) is 3.42. The Morgan fingerprint density at radius 1 is 1.07 bits per heavy atom. The van der Waals surface area contributed by atoms with Gasteiger partial charge in [-0.3, -0.25) is 9.59 Å². The summed E-state index contributed by atoms with van der Waals surface area (Å²) in [6.07, 6.45) is 4.36. The van der Waals surface area contributed by atoms with E-state index < -0.39 is 26.3 Å². The van der Waals surface area contributed by atoms with Gasteiger partial charge in [-0.05, 0) is 92.8 Å². The van der Waals surface area contributed by atoms with E-state index in [9.17, 15) is 14.9 Å². The molecule has 1 amide bonds. The molecule has 3 aliphatic rings. The van der Waals surface area contributed by atoms with Crippen molar-refractivity contribution in [2.24, 2.45) is 0 Å². The first kappa shape index (κ1) is 45.1. The van der Waals surface area contributed by atoms with Gasteiger partial charge in [0.15, 0.2) is 16.8 Å². The van der Waals surface area contributed by atoms with Crippen LogP contribution < -0.4 is 14.9 Å². The molecule has 0 spiro atoms. The number of aryl methyl sites for hydroxylation is 1. The standard InChI is InChI=1S/C48H55N4O8P/c1-8-35(9-2)48(36-17-21-39(55-6)22-18-36,37-19-23-40(56-7)24-20-37)57-32-38-29-41(60-61(58-27-13-26-49)52(10-3)33(4)5)31-51(38)47(54)25-16-34-28-43-46(30-44(34)53)59-45-15-12-11-14-42(45)50-43/h8-9,11-12,14-15,17-24,28,30,33,38,41H,1,10,13,16,25,27,29,31-32H2,2-7H3/t38-,41+,61?/m0/s1. The quantitative estimate of drug-likeness (QED) is 0.0321. The van der Waals surface area contributed by atoms with Crippen molar-refractivity contribution in [3.05, 3.63) is 136 Å². The number of fused-ring (bicyclic) bond motifs is 2. The van der Waals surface area contributed by atoms with Gasteiger partial charge < -0.3 is 32.6 Å². The number of benzene rings is 4. The van der Waals surface area contributed by atoms with Gasteiger partial charge in [-0.1, -0.05) is 62.1 Å². The van der Waals surface area contributed by atoms with Crippen LogP contribution in [0.5, 0.6) is 11.5 Å². The summed E-state index contributed by atoms with van der Waals surface area (Å²) in [6.45, 7) is 13.7.